The van der Waals surface area contributed by atoms with E-state index in [9.17, 15) is 29.4 Å². The summed E-state index contributed by atoms with van der Waals surface area (Å²) in [7, 11) is 0. The van der Waals surface area contributed by atoms with Crippen LogP contribution in [0.1, 0.15) is 59.3 Å². The molecule has 0 saturated carbocycles. The van der Waals surface area contributed by atoms with Gasteiger partial charge in [0.05, 0.1) is 0 Å². The number of carboxylic acid groups (broad SMARTS) is 2. The van der Waals surface area contributed by atoms with Gasteiger partial charge in [0.25, 0.3) is 0 Å². The Morgan fingerprint density at radius 2 is 1.14 bits per heavy atom. The number of carboxylic acids is 2. The van der Waals surface area contributed by atoms with Gasteiger partial charge in [-0.1, -0.05) is 27.2 Å². The Morgan fingerprint density at radius 1 is 0.818 bits per heavy atom. The van der Waals surface area contributed by atoms with Crippen molar-refractivity contribution in [3.8, 4) is 0 Å². The van der Waals surface area contributed by atoms with Gasteiger partial charge in [0.2, 0.25) is 0 Å². The Labute approximate surface area is 146 Å². The Kier molecular flexibility index (Phi) is 29.3. The predicted molar refractivity (Wildman–Crippen MR) is 71.8 cm³/mol. The van der Waals surface area contributed by atoms with E-state index in [1.165, 1.54) is 0 Å². The number of hydrogen-bond donors (Lipinski definition) is 1. The summed E-state index contributed by atoms with van der Waals surface area (Å²) < 4.78 is 0. The van der Waals surface area contributed by atoms with Gasteiger partial charge in [-0.2, -0.15) is 0 Å². The molecule has 8 heteroatoms. The summed E-state index contributed by atoms with van der Waals surface area (Å²) in [5, 5.41) is 27.3. The van der Waals surface area contributed by atoms with Gasteiger partial charge in [0.1, 0.15) is 11.6 Å². The number of Topliss-reactive ketones (excluding diaryl/α,β-unsaturated/α-hetero) is 2. The number of aliphatic hydroxyl groups is 1. The van der Waals surface area contributed by atoms with Crippen molar-refractivity contribution < 1.29 is 56.2 Å². The molecule has 126 valence electrons. The molecule has 0 spiro atoms. The Morgan fingerprint density at radius 3 is 1.18 bits per heavy atom. The first kappa shape index (κ1) is 29.0. The molecule has 7 nitrogen and oxygen atoms in total. The van der Waals surface area contributed by atoms with Crippen LogP contribution < -0.4 is 10.2 Å². The van der Waals surface area contributed by atoms with Crippen molar-refractivity contribution in [2.24, 2.45) is 0 Å². The van der Waals surface area contributed by atoms with Crippen molar-refractivity contribution in [1.29, 1.82) is 0 Å². The molecule has 0 amide bonds. The van der Waals surface area contributed by atoms with E-state index < -0.39 is 24.8 Å². The summed E-state index contributed by atoms with van der Waals surface area (Å²) in [6.07, 6.45) is 1.69. The molecule has 1 N–H and O–H groups in total. The van der Waals surface area contributed by atoms with E-state index in [4.69, 9.17) is 5.11 Å². The first-order chi connectivity index (χ1) is 9.74. The monoisotopic (exact) mass is 352 g/mol. The van der Waals surface area contributed by atoms with E-state index >= 15 is 0 Å². The summed E-state index contributed by atoms with van der Waals surface area (Å²) in [6.45, 7) is 5.63. The molecule has 0 atom stereocenters. The fourth-order valence-electron chi connectivity index (χ4n) is 0.730. The largest absolute Gasteiger partial charge is 2.00 e. The number of ketones is 2. The first-order valence-corrected chi connectivity index (χ1v) is 6.78. The Hall–Kier alpha value is -1.05. The number of carbonyl (C=O) groups excluding carboxylic acids is 4. The van der Waals surface area contributed by atoms with Crippen LogP contribution in [0.3, 0.4) is 0 Å². The smallest absolute Gasteiger partial charge is 0.550 e. The summed E-state index contributed by atoms with van der Waals surface area (Å²) >= 11 is 0. The van der Waals surface area contributed by atoms with E-state index in [-0.39, 0.29) is 46.1 Å². The molecule has 0 heterocycles. The minimum absolute atomic E-state index is 0. The SMILES string of the molecule is CCC(=O)CC(=O)[O-].CCC(=O)CC(=O)[O-].CCCCO.[Ti+2]. The van der Waals surface area contributed by atoms with Crippen molar-refractivity contribution in [2.45, 2.75) is 59.3 Å². The van der Waals surface area contributed by atoms with E-state index in [0.717, 1.165) is 12.8 Å². The molecule has 0 aliphatic heterocycles. The minimum Gasteiger partial charge on any atom is -0.550 e. The zero-order valence-corrected chi connectivity index (χ0v) is 14.9. The second-order valence-corrected chi connectivity index (χ2v) is 3.96. The van der Waals surface area contributed by atoms with Gasteiger partial charge in [-0.25, -0.2) is 0 Å². The van der Waals surface area contributed by atoms with Crippen LogP contribution in [0.15, 0.2) is 0 Å². The summed E-state index contributed by atoms with van der Waals surface area (Å²) in [5.41, 5.74) is 0. The number of carbonyl (C=O) groups is 4. The maximum Gasteiger partial charge on any atom is 2.00 e. The molecule has 0 aromatic heterocycles. The van der Waals surface area contributed by atoms with Crippen molar-refractivity contribution in [3.63, 3.8) is 0 Å². The molecule has 0 aromatic carbocycles. The van der Waals surface area contributed by atoms with Crippen molar-refractivity contribution >= 4 is 23.5 Å². The van der Waals surface area contributed by atoms with Crippen molar-refractivity contribution in [2.75, 3.05) is 6.61 Å². The van der Waals surface area contributed by atoms with Crippen LogP contribution in [0.5, 0.6) is 0 Å². The molecule has 0 rings (SSSR count). The maximum absolute atomic E-state index is 10.2. The fraction of sp³-hybridized carbons (Fsp3) is 0.714. The number of unbranched alkanes of at least 4 members (excludes halogenated alkanes) is 1. The second kappa shape index (κ2) is 22.2. The molecule has 0 aliphatic rings. The van der Waals surface area contributed by atoms with Crippen LogP contribution in [0.25, 0.3) is 0 Å². The fourth-order valence-corrected chi connectivity index (χ4v) is 0.730. The average molecular weight is 352 g/mol. The third kappa shape index (κ3) is 36.4. The Bertz CT molecular complexity index is 286. The number of rotatable bonds is 8. The van der Waals surface area contributed by atoms with E-state index in [2.05, 4.69) is 6.92 Å². The van der Waals surface area contributed by atoms with Crippen molar-refractivity contribution in [3.05, 3.63) is 0 Å². The van der Waals surface area contributed by atoms with Crippen LogP contribution in [0.2, 0.25) is 0 Å². The topological polar surface area (TPSA) is 135 Å². The first-order valence-electron chi connectivity index (χ1n) is 6.78. The molecule has 0 aromatic rings. The molecule has 0 radical (unpaired) electrons. The quantitative estimate of drug-likeness (QED) is 0.437. The zero-order valence-electron chi connectivity index (χ0n) is 13.3. The number of hydrogen-bond acceptors (Lipinski definition) is 7. The normalized spacial score (nSPS) is 8.18. The summed E-state index contributed by atoms with van der Waals surface area (Å²) in [5.74, 6) is -3.16. The second-order valence-electron chi connectivity index (χ2n) is 3.96. The van der Waals surface area contributed by atoms with Gasteiger partial charge in [-0.05, 0) is 6.42 Å². The predicted octanol–water partition coefficient (Wildman–Crippen LogP) is -1.01. The van der Waals surface area contributed by atoms with Crippen LogP contribution >= 0.6 is 0 Å². The van der Waals surface area contributed by atoms with Gasteiger partial charge in [-0.3, -0.25) is 9.59 Å². The standard InChI is InChI=1S/2C5H8O3.C4H10O.Ti/c2*1-2-4(6)3-5(7)8;1-2-3-4-5;/h2*2-3H2,1H3,(H,7,8);5H,2-4H2,1H3;/q;;;+2/p-2. The molecule has 0 saturated heterocycles. The van der Waals surface area contributed by atoms with Gasteiger partial charge in [0.15, 0.2) is 0 Å². The molecular weight excluding hydrogens is 328 g/mol. The van der Waals surface area contributed by atoms with E-state index in [0.29, 0.717) is 6.61 Å². The molecule has 0 fully saturated rings. The zero-order chi connectivity index (χ0) is 17.3. The molecule has 0 aliphatic carbocycles. The molecular formula is C14H24O7Ti. The van der Waals surface area contributed by atoms with Gasteiger partial charge >= 0.3 is 21.7 Å². The van der Waals surface area contributed by atoms with Gasteiger partial charge in [0, 0.05) is 44.2 Å². The minimum atomic E-state index is -1.29. The average Bonchev–Trinajstić information content (AvgIpc) is 2.39. The maximum atomic E-state index is 10.2. The molecule has 0 unspecified atom stereocenters. The third-order valence-electron chi connectivity index (χ3n) is 1.98. The van der Waals surface area contributed by atoms with Crippen LogP contribution in [0.4, 0.5) is 0 Å². The van der Waals surface area contributed by atoms with E-state index in [1.54, 1.807) is 13.8 Å². The molecule has 0 bridgehead atoms. The number of aliphatic hydroxyl groups excluding tert-OH is 1. The van der Waals surface area contributed by atoms with Crippen molar-refractivity contribution in [1.82, 2.24) is 0 Å². The van der Waals surface area contributed by atoms with Crippen LogP contribution in [0, 0.1) is 0 Å². The number of aliphatic carboxylic acids is 2. The van der Waals surface area contributed by atoms with E-state index in [1.807, 2.05) is 0 Å². The van der Waals surface area contributed by atoms with Crippen LogP contribution in [-0.4, -0.2) is 35.2 Å². The van der Waals surface area contributed by atoms with Gasteiger partial charge in [-0.15, -0.1) is 0 Å². The third-order valence-corrected chi connectivity index (χ3v) is 1.98. The Balaban J connectivity index is -0.000000111. The molecule has 22 heavy (non-hydrogen) atoms. The van der Waals surface area contributed by atoms with Crippen LogP contribution in [-0.2, 0) is 40.9 Å². The summed E-state index contributed by atoms with van der Waals surface area (Å²) in [6, 6.07) is 0. The van der Waals surface area contributed by atoms with Gasteiger partial charge < -0.3 is 24.9 Å². The summed E-state index contributed by atoms with van der Waals surface area (Å²) in [4.78, 5) is 39.7.